The van der Waals surface area contributed by atoms with Gasteiger partial charge in [-0.1, -0.05) is 48.5 Å². The molecule has 4 aromatic rings. The summed E-state index contributed by atoms with van der Waals surface area (Å²) in [7, 11) is 1.61. The Balaban J connectivity index is 1.24. The fourth-order valence-corrected chi connectivity index (χ4v) is 5.32. The fourth-order valence-electron chi connectivity index (χ4n) is 5.32. The summed E-state index contributed by atoms with van der Waals surface area (Å²) in [5, 5.41) is 8.14. The Bertz CT molecular complexity index is 1560. The van der Waals surface area contributed by atoms with Crippen molar-refractivity contribution in [3.05, 3.63) is 95.7 Å². The highest BCUT2D eigenvalue weighted by Gasteiger charge is 2.29. The van der Waals surface area contributed by atoms with Crippen molar-refractivity contribution in [1.29, 1.82) is 0 Å². The molecule has 1 aliphatic heterocycles. The molecule has 0 aliphatic carbocycles. The van der Waals surface area contributed by atoms with Gasteiger partial charge in [-0.2, -0.15) is 5.10 Å². The summed E-state index contributed by atoms with van der Waals surface area (Å²) >= 11 is 0. The number of aromatic nitrogens is 1. The average Bonchev–Trinajstić information content (AvgIpc) is 3.65. The first kappa shape index (κ1) is 28.9. The van der Waals surface area contributed by atoms with Crippen LogP contribution < -0.4 is 25.9 Å². The Hall–Kier alpha value is -4.63. The predicted molar refractivity (Wildman–Crippen MR) is 164 cm³/mol. The Morgan fingerprint density at radius 1 is 1.07 bits per heavy atom. The van der Waals surface area contributed by atoms with Gasteiger partial charge in [0.1, 0.15) is 18.1 Å². The van der Waals surface area contributed by atoms with Gasteiger partial charge in [-0.05, 0) is 54.3 Å². The van der Waals surface area contributed by atoms with Gasteiger partial charge in [-0.3, -0.25) is 9.59 Å². The molecule has 9 nitrogen and oxygen atoms in total. The molecule has 218 valence electrons. The molecular weight excluding hydrogens is 530 g/mol. The van der Waals surface area contributed by atoms with Gasteiger partial charge in [-0.15, -0.1) is 0 Å². The molecule has 0 saturated carbocycles. The summed E-state index contributed by atoms with van der Waals surface area (Å²) in [5.74, 6) is 0.279. The number of nitrogens with one attached hydrogen (secondary N) is 3. The number of hydrazone groups is 1. The van der Waals surface area contributed by atoms with Gasteiger partial charge in [0, 0.05) is 48.2 Å². The summed E-state index contributed by atoms with van der Waals surface area (Å²) in [4.78, 5) is 29.6. The number of amides is 1. The Kier molecular flexibility index (Phi) is 9.18. The molecule has 0 spiro atoms. The molecule has 5 N–H and O–H groups in total. The molecule has 2 heterocycles. The van der Waals surface area contributed by atoms with Crippen LogP contribution in [0.25, 0.3) is 10.9 Å². The van der Waals surface area contributed by atoms with Crippen molar-refractivity contribution >= 4 is 28.3 Å². The Labute approximate surface area is 245 Å². The molecule has 3 aromatic carbocycles. The molecule has 0 radical (unpaired) electrons. The van der Waals surface area contributed by atoms with Crippen LogP contribution in [0, 0.1) is 5.92 Å². The van der Waals surface area contributed by atoms with Gasteiger partial charge in [0.15, 0.2) is 5.78 Å². The Morgan fingerprint density at radius 2 is 1.83 bits per heavy atom. The second kappa shape index (κ2) is 13.4. The van der Waals surface area contributed by atoms with Crippen LogP contribution in [0.15, 0.2) is 84.1 Å². The van der Waals surface area contributed by atoms with Crippen LogP contribution in [0.2, 0.25) is 0 Å². The number of H-pyrrole nitrogens is 1. The molecule has 3 atom stereocenters. The van der Waals surface area contributed by atoms with Crippen molar-refractivity contribution in [2.24, 2.45) is 16.8 Å². The third-order valence-corrected chi connectivity index (χ3v) is 7.73. The molecule has 0 saturated heterocycles. The van der Waals surface area contributed by atoms with Gasteiger partial charge < -0.3 is 30.9 Å². The van der Waals surface area contributed by atoms with Gasteiger partial charge in [0.05, 0.1) is 19.1 Å². The van der Waals surface area contributed by atoms with Crippen molar-refractivity contribution in [3.8, 4) is 11.5 Å². The number of methoxy groups -OCH3 is 1. The lowest BCUT2D eigenvalue weighted by molar-refractivity contribution is -0.126. The molecule has 1 aromatic heterocycles. The number of nitrogens with zero attached hydrogens (tertiary/aromatic N) is 1. The van der Waals surface area contributed by atoms with Crippen LogP contribution in [0.3, 0.4) is 0 Å². The Morgan fingerprint density at radius 3 is 2.60 bits per heavy atom. The zero-order chi connectivity index (χ0) is 29.5. The summed E-state index contributed by atoms with van der Waals surface area (Å²) < 4.78 is 11.3. The third kappa shape index (κ3) is 6.80. The number of carbonyl (C=O) groups is 2. The normalized spacial score (nSPS) is 15.9. The number of aromatic amines is 1. The topological polar surface area (TPSA) is 131 Å². The quantitative estimate of drug-likeness (QED) is 0.187. The summed E-state index contributed by atoms with van der Waals surface area (Å²) in [6.07, 6.45) is 3.47. The summed E-state index contributed by atoms with van der Waals surface area (Å²) in [5.41, 5.74) is 14.7. The number of aryl methyl sites for hydroxylation is 1. The monoisotopic (exact) mass is 567 g/mol. The number of para-hydroxylation sites is 2. The second-order valence-electron chi connectivity index (χ2n) is 10.6. The van der Waals surface area contributed by atoms with Crippen LogP contribution in [0.1, 0.15) is 48.5 Å². The molecule has 0 bridgehead atoms. The zero-order valence-corrected chi connectivity index (χ0v) is 23.9. The van der Waals surface area contributed by atoms with E-state index in [1.807, 2.05) is 85.9 Å². The number of carbonyl (C=O) groups excluding carboxylic acids is 2. The number of rotatable bonds is 13. The van der Waals surface area contributed by atoms with Gasteiger partial charge in [0.2, 0.25) is 5.91 Å². The van der Waals surface area contributed by atoms with E-state index < -0.39 is 12.0 Å². The minimum atomic E-state index is -0.693. The van der Waals surface area contributed by atoms with E-state index in [9.17, 15) is 9.59 Å². The molecule has 0 fully saturated rings. The molecule has 3 unspecified atom stereocenters. The highest BCUT2D eigenvalue weighted by atomic mass is 16.5. The first-order valence-corrected chi connectivity index (χ1v) is 14.2. The van der Waals surface area contributed by atoms with Crippen molar-refractivity contribution in [3.63, 3.8) is 0 Å². The maximum absolute atomic E-state index is 13.6. The van der Waals surface area contributed by atoms with Crippen molar-refractivity contribution < 1.29 is 19.1 Å². The van der Waals surface area contributed by atoms with Gasteiger partial charge in [-0.25, -0.2) is 0 Å². The van der Waals surface area contributed by atoms with Gasteiger partial charge >= 0.3 is 0 Å². The molecule has 42 heavy (non-hydrogen) atoms. The average molecular weight is 568 g/mol. The number of fused-ring (bicyclic) bond motifs is 1. The summed E-state index contributed by atoms with van der Waals surface area (Å²) in [6.45, 7) is 1.93. The molecular formula is C33H37N5O4. The number of Topliss-reactive ketones (excluding diaryl/α,β-unsaturated/α-hetero) is 1. The van der Waals surface area contributed by atoms with E-state index in [1.165, 1.54) is 0 Å². The molecule has 9 heteroatoms. The standard InChI is InChI=1S/C33H37N5O4/c1-21-17-29(38-37-21)22-11-14-24(15-12-22)42-20-30(39)27(33(34)26-18-35-28-9-5-4-8-25(26)28)19-36-32(40)16-13-23-7-3-6-10-31(23)41-2/h3-12,14-15,18,27,29,33,35,38H,13,16-17,19-20,34H2,1-2H3,(H,36,40). The lowest BCUT2D eigenvalue weighted by Crippen LogP contribution is -2.40. The second-order valence-corrected chi connectivity index (χ2v) is 10.6. The minimum absolute atomic E-state index is 0.0965. The number of hydrogen-bond acceptors (Lipinski definition) is 7. The van der Waals surface area contributed by atoms with Crippen LogP contribution in [0.4, 0.5) is 0 Å². The van der Waals surface area contributed by atoms with E-state index in [-0.39, 0.29) is 37.3 Å². The highest BCUT2D eigenvalue weighted by molar-refractivity contribution is 5.88. The molecule has 5 rings (SSSR count). The maximum Gasteiger partial charge on any atom is 0.220 e. The van der Waals surface area contributed by atoms with E-state index in [4.69, 9.17) is 15.2 Å². The summed E-state index contributed by atoms with van der Waals surface area (Å²) in [6, 6.07) is 22.6. The lowest BCUT2D eigenvalue weighted by Gasteiger charge is -2.23. The molecule has 1 aliphatic rings. The number of nitrogens with two attached hydrogens (primary N) is 1. The first-order valence-electron chi connectivity index (χ1n) is 14.2. The highest BCUT2D eigenvalue weighted by Crippen LogP contribution is 2.29. The smallest absolute Gasteiger partial charge is 0.220 e. The zero-order valence-electron chi connectivity index (χ0n) is 23.9. The minimum Gasteiger partial charge on any atom is -0.496 e. The lowest BCUT2D eigenvalue weighted by atomic mass is 9.90. The van der Waals surface area contributed by atoms with Crippen molar-refractivity contribution in [2.75, 3.05) is 20.3 Å². The van der Waals surface area contributed by atoms with Crippen molar-refractivity contribution in [1.82, 2.24) is 15.7 Å². The number of ether oxygens (including phenoxy) is 2. The van der Waals surface area contributed by atoms with E-state index in [0.717, 1.165) is 45.5 Å². The van der Waals surface area contributed by atoms with Gasteiger partial charge in [0.25, 0.3) is 0 Å². The van der Waals surface area contributed by atoms with E-state index in [2.05, 4.69) is 20.8 Å². The van der Waals surface area contributed by atoms with Crippen molar-refractivity contribution in [2.45, 2.75) is 38.3 Å². The predicted octanol–water partition coefficient (Wildman–Crippen LogP) is 4.60. The third-order valence-electron chi connectivity index (χ3n) is 7.73. The van der Waals surface area contributed by atoms with Crippen LogP contribution in [0.5, 0.6) is 11.5 Å². The van der Waals surface area contributed by atoms with Crippen LogP contribution in [-0.4, -0.2) is 42.6 Å². The van der Waals surface area contributed by atoms with Crippen LogP contribution >= 0.6 is 0 Å². The number of hydrogen-bond donors (Lipinski definition) is 4. The van der Waals surface area contributed by atoms with E-state index in [0.29, 0.717) is 12.2 Å². The number of ketones is 1. The fraction of sp³-hybridized carbons (Fsp3) is 0.303. The SMILES string of the molecule is COc1ccccc1CCC(=O)NCC(C(=O)COc1ccc(C2CC(C)=NN2)cc1)C(N)c1c[nH]c2ccccc12. The first-order chi connectivity index (χ1) is 20.4. The van der Waals surface area contributed by atoms with Crippen LogP contribution in [-0.2, 0) is 16.0 Å². The van der Waals surface area contributed by atoms with E-state index >= 15 is 0 Å². The number of benzene rings is 3. The largest absolute Gasteiger partial charge is 0.496 e. The molecule has 1 amide bonds. The van der Waals surface area contributed by atoms with E-state index in [1.54, 1.807) is 7.11 Å². The maximum atomic E-state index is 13.6.